The maximum absolute atomic E-state index is 12.8. The zero-order valence-corrected chi connectivity index (χ0v) is 39.2. The van der Waals surface area contributed by atoms with Crippen molar-refractivity contribution < 1.29 is 28.6 Å². The first-order valence-corrected chi connectivity index (χ1v) is 25.0. The van der Waals surface area contributed by atoms with Gasteiger partial charge in [-0.05, 0) is 64.2 Å². The van der Waals surface area contributed by atoms with Crippen molar-refractivity contribution in [3.8, 4) is 0 Å². The summed E-state index contributed by atoms with van der Waals surface area (Å²) in [5.41, 5.74) is 0. The van der Waals surface area contributed by atoms with Gasteiger partial charge < -0.3 is 14.2 Å². The molecule has 0 bridgehead atoms. The quantitative estimate of drug-likeness (QED) is 0.0200. The highest BCUT2D eigenvalue weighted by Crippen LogP contribution is 2.15. The molecule has 0 saturated heterocycles. The Morgan fingerprint density at radius 1 is 0.367 bits per heavy atom. The second-order valence-electron chi connectivity index (χ2n) is 16.4. The molecule has 0 fully saturated rings. The molecule has 0 aliphatic heterocycles. The van der Waals surface area contributed by atoms with Gasteiger partial charge in [-0.15, -0.1) is 0 Å². The van der Waals surface area contributed by atoms with Gasteiger partial charge in [-0.25, -0.2) is 0 Å². The van der Waals surface area contributed by atoms with E-state index >= 15 is 0 Å². The topological polar surface area (TPSA) is 78.9 Å². The number of carbonyl (C=O) groups excluding carboxylic acids is 3. The maximum Gasteiger partial charge on any atom is 0.306 e. The van der Waals surface area contributed by atoms with Crippen LogP contribution in [0.3, 0.4) is 0 Å². The van der Waals surface area contributed by atoms with E-state index in [0.717, 1.165) is 89.9 Å². The lowest BCUT2D eigenvalue weighted by atomic mass is 10.0. The van der Waals surface area contributed by atoms with Crippen molar-refractivity contribution in [2.75, 3.05) is 13.2 Å². The molecule has 0 aromatic rings. The lowest BCUT2D eigenvalue weighted by molar-refractivity contribution is -0.167. The normalized spacial score (nSPS) is 12.7. The zero-order valence-electron chi connectivity index (χ0n) is 39.2. The van der Waals surface area contributed by atoms with E-state index in [1.165, 1.54) is 103 Å². The van der Waals surface area contributed by atoms with Crippen LogP contribution >= 0.6 is 0 Å². The first kappa shape index (κ1) is 56.9. The van der Waals surface area contributed by atoms with Crippen LogP contribution in [-0.2, 0) is 28.6 Å². The van der Waals surface area contributed by atoms with E-state index in [-0.39, 0.29) is 31.1 Å². The van der Waals surface area contributed by atoms with Crippen LogP contribution in [0.2, 0.25) is 0 Å². The minimum absolute atomic E-state index is 0.0900. The summed E-state index contributed by atoms with van der Waals surface area (Å²) in [5, 5.41) is 0. The molecule has 0 aliphatic carbocycles. The fourth-order valence-electron chi connectivity index (χ4n) is 6.84. The summed E-state index contributed by atoms with van der Waals surface area (Å²) >= 11 is 0. The minimum Gasteiger partial charge on any atom is -0.462 e. The molecular formula is C54H92O6. The van der Waals surface area contributed by atoms with E-state index < -0.39 is 6.10 Å². The predicted octanol–water partition coefficient (Wildman–Crippen LogP) is 16.3. The molecule has 6 nitrogen and oxygen atoms in total. The van der Waals surface area contributed by atoms with Crippen LogP contribution in [0.25, 0.3) is 0 Å². The first-order valence-electron chi connectivity index (χ1n) is 25.0. The molecule has 0 radical (unpaired) electrons. The highest BCUT2D eigenvalue weighted by atomic mass is 16.6. The van der Waals surface area contributed by atoms with Gasteiger partial charge in [0.1, 0.15) is 13.2 Å². The Bertz CT molecular complexity index is 1140. The molecule has 6 heteroatoms. The van der Waals surface area contributed by atoms with E-state index in [9.17, 15) is 14.4 Å². The number of esters is 3. The van der Waals surface area contributed by atoms with Crippen LogP contribution < -0.4 is 0 Å². The molecule has 0 rings (SSSR count). The largest absolute Gasteiger partial charge is 0.462 e. The van der Waals surface area contributed by atoms with Gasteiger partial charge in [0.15, 0.2) is 6.10 Å². The number of hydrogen-bond donors (Lipinski definition) is 0. The third-order valence-corrected chi connectivity index (χ3v) is 10.6. The van der Waals surface area contributed by atoms with Gasteiger partial charge in [0.05, 0.1) is 0 Å². The number of unbranched alkanes of at least 4 members (excludes halogenated alkanes) is 24. The number of rotatable bonds is 44. The monoisotopic (exact) mass is 837 g/mol. The Morgan fingerprint density at radius 3 is 1.22 bits per heavy atom. The van der Waals surface area contributed by atoms with Crippen molar-refractivity contribution in [2.45, 2.75) is 239 Å². The standard InChI is InChI=1S/C54H92O6/c1-4-7-10-13-16-19-22-25-27-30-32-35-38-41-44-47-53(56)59-50-51(49-58-52(55)46-43-40-37-34-31-28-24-21-18-15-12-9-6-3)60-54(57)48-45-42-39-36-33-29-26-23-20-17-14-11-8-5-2/h8-9,11-12,15,17-18,20-21,24,28,31,51H,4-7,10,13-14,16,19,22-23,25-27,29-30,32-50H2,1-3H3/b11-8-,12-9-,18-15-,20-17-,24-21-,31-28-. The van der Waals surface area contributed by atoms with Gasteiger partial charge in [-0.2, -0.15) is 0 Å². The molecule has 60 heavy (non-hydrogen) atoms. The number of hydrogen-bond acceptors (Lipinski definition) is 6. The molecule has 0 heterocycles. The van der Waals surface area contributed by atoms with Gasteiger partial charge in [-0.3, -0.25) is 14.4 Å². The summed E-state index contributed by atoms with van der Waals surface area (Å²) < 4.78 is 16.7. The summed E-state index contributed by atoms with van der Waals surface area (Å²) in [5.74, 6) is -0.938. The van der Waals surface area contributed by atoms with Gasteiger partial charge in [-0.1, -0.05) is 222 Å². The van der Waals surface area contributed by atoms with Crippen molar-refractivity contribution in [2.24, 2.45) is 0 Å². The van der Waals surface area contributed by atoms with Crippen molar-refractivity contribution in [3.63, 3.8) is 0 Å². The second-order valence-corrected chi connectivity index (χ2v) is 16.4. The van der Waals surface area contributed by atoms with Crippen LogP contribution in [0.15, 0.2) is 72.9 Å². The SMILES string of the molecule is CC\C=C/C=C\C=C/C=C\CCCCCC(=O)OCC(COC(=O)CCCCCCCCCCCCCCCCC)OC(=O)CCCCCCCCC/C=C\C/C=C\CC. The molecule has 1 atom stereocenters. The highest BCUT2D eigenvalue weighted by molar-refractivity contribution is 5.71. The highest BCUT2D eigenvalue weighted by Gasteiger charge is 2.19. The second kappa shape index (κ2) is 48.5. The number of carbonyl (C=O) groups is 3. The van der Waals surface area contributed by atoms with E-state index in [0.29, 0.717) is 19.3 Å². The molecule has 0 amide bonds. The smallest absolute Gasteiger partial charge is 0.306 e. The van der Waals surface area contributed by atoms with E-state index in [1.807, 2.05) is 36.5 Å². The average Bonchev–Trinajstić information content (AvgIpc) is 3.24. The minimum atomic E-state index is -0.793. The average molecular weight is 837 g/mol. The van der Waals surface area contributed by atoms with Crippen LogP contribution in [0.5, 0.6) is 0 Å². The van der Waals surface area contributed by atoms with Crippen LogP contribution in [-0.4, -0.2) is 37.2 Å². The van der Waals surface area contributed by atoms with Crippen LogP contribution in [0, 0.1) is 0 Å². The third-order valence-electron chi connectivity index (χ3n) is 10.6. The molecule has 0 spiro atoms. The van der Waals surface area contributed by atoms with Gasteiger partial charge in [0.25, 0.3) is 0 Å². The molecule has 0 saturated carbocycles. The van der Waals surface area contributed by atoms with Crippen LogP contribution in [0.4, 0.5) is 0 Å². The summed E-state index contributed by atoms with van der Waals surface area (Å²) in [4.78, 5) is 37.9. The summed E-state index contributed by atoms with van der Waals surface area (Å²) in [6.07, 6.45) is 60.3. The molecule has 344 valence electrons. The third kappa shape index (κ3) is 45.9. The fraction of sp³-hybridized carbons (Fsp3) is 0.722. The Balaban J connectivity index is 4.43. The molecular weight excluding hydrogens is 745 g/mol. The summed E-state index contributed by atoms with van der Waals surface area (Å²) in [6, 6.07) is 0. The van der Waals surface area contributed by atoms with E-state index in [4.69, 9.17) is 14.2 Å². The van der Waals surface area contributed by atoms with E-state index in [2.05, 4.69) is 57.2 Å². The maximum atomic E-state index is 12.8. The van der Waals surface area contributed by atoms with Crippen molar-refractivity contribution in [1.82, 2.24) is 0 Å². The Kier molecular flexibility index (Phi) is 46.0. The fourth-order valence-corrected chi connectivity index (χ4v) is 6.84. The lowest BCUT2D eigenvalue weighted by Crippen LogP contribution is -2.30. The number of allylic oxidation sites excluding steroid dienone is 12. The van der Waals surface area contributed by atoms with Crippen LogP contribution in [0.1, 0.15) is 233 Å². The Labute approximate surface area is 370 Å². The lowest BCUT2D eigenvalue weighted by Gasteiger charge is -2.18. The van der Waals surface area contributed by atoms with Crippen molar-refractivity contribution in [3.05, 3.63) is 72.9 Å². The zero-order chi connectivity index (χ0) is 43.7. The molecule has 0 aromatic carbocycles. The summed E-state index contributed by atoms with van der Waals surface area (Å²) in [6.45, 7) is 6.35. The first-order chi connectivity index (χ1) is 29.5. The van der Waals surface area contributed by atoms with E-state index in [1.54, 1.807) is 0 Å². The Hall–Kier alpha value is -3.15. The van der Waals surface area contributed by atoms with Crippen molar-refractivity contribution >= 4 is 17.9 Å². The summed E-state index contributed by atoms with van der Waals surface area (Å²) in [7, 11) is 0. The van der Waals surface area contributed by atoms with Gasteiger partial charge >= 0.3 is 17.9 Å². The Morgan fingerprint density at radius 2 is 0.733 bits per heavy atom. The van der Waals surface area contributed by atoms with Gasteiger partial charge in [0.2, 0.25) is 0 Å². The number of ether oxygens (including phenoxy) is 3. The molecule has 0 aromatic heterocycles. The molecule has 1 unspecified atom stereocenters. The van der Waals surface area contributed by atoms with Gasteiger partial charge in [0, 0.05) is 19.3 Å². The molecule has 0 N–H and O–H groups in total. The van der Waals surface area contributed by atoms with Crippen molar-refractivity contribution in [1.29, 1.82) is 0 Å². The predicted molar refractivity (Wildman–Crippen MR) is 256 cm³/mol. The molecule has 0 aliphatic rings.